The Bertz CT molecular complexity index is 479. The molecule has 1 aromatic rings. The van der Waals surface area contributed by atoms with Crippen LogP contribution in [0.4, 0.5) is 8.78 Å². The molecule has 1 N–H and O–H groups in total. The van der Waals surface area contributed by atoms with E-state index in [0.29, 0.717) is 6.42 Å². The van der Waals surface area contributed by atoms with Gasteiger partial charge in [0.25, 0.3) is 0 Å². The van der Waals surface area contributed by atoms with E-state index in [9.17, 15) is 13.6 Å². The lowest BCUT2D eigenvalue weighted by atomic mass is 10.1. The molecule has 1 fully saturated rings. The van der Waals surface area contributed by atoms with Gasteiger partial charge in [-0.05, 0) is 44.1 Å². The number of carbonyl (C=O) groups is 1. The Morgan fingerprint density at radius 2 is 2.20 bits per heavy atom. The number of benzene rings is 1. The van der Waals surface area contributed by atoms with Crippen molar-refractivity contribution in [3.63, 3.8) is 0 Å². The maximum atomic E-state index is 13.7. The van der Waals surface area contributed by atoms with E-state index in [1.165, 1.54) is 6.07 Å². The zero-order valence-corrected chi connectivity index (χ0v) is 11.7. The van der Waals surface area contributed by atoms with Gasteiger partial charge in [0.2, 0.25) is 5.91 Å². The van der Waals surface area contributed by atoms with Gasteiger partial charge in [0, 0.05) is 24.6 Å². The predicted molar refractivity (Wildman–Crippen MR) is 73.1 cm³/mol. The Kier molecular flexibility index (Phi) is 5.06. The number of hydrogen-bond acceptors (Lipinski definition) is 2. The molecule has 0 saturated carbocycles. The van der Waals surface area contributed by atoms with E-state index in [4.69, 9.17) is 0 Å². The third-order valence-electron chi connectivity index (χ3n) is 3.71. The van der Waals surface area contributed by atoms with Gasteiger partial charge in [-0.15, -0.1) is 0 Å². The fourth-order valence-corrected chi connectivity index (χ4v) is 2.60. The Balaban J connectivity index is 2.04. The Hall–Kier alpha value is -1.49. The van der Waals surface area contributed by atoms with Crippen molar-refractivity contribution in [3.8, 4) is 0 Å². The number of carbonyl (C=O) groups excluding carboxylic acids is 1. The van der Waals surface area contributed by atoms with Crippen molar-refractivity contribution in [2.24, 2.45) is 0 Å². The Morgan fingerprint density at radius 1 is 1.40 bits per heavy atom. The molecule has 0 unspecified atom stereocenters. The van der Waals surface area contributed by atoms with Crippen molar-refractivity contribution >= 4 is 5.91 Å². The zero-order chi connectivity index (χ0) is 14.5. The third-order valence-corrected chi connectivity index (χ3v) is 3.71. The van der Waals surface area contributed by atoms with Gasteiger partial charge in [0.1, 0.15) is 11.6 Å². The first-order valence-electron chi connectivity index (χ1n) is 7.06. The molecular formula is C15H20F2N2O. The summed E-state index contributed by atoms with van der Waals surface area (Å²) >= 11 is 0. The first kappa shape index (κ1) is 14.9. The van der Waals surface area contributed by atoms with Crippen molar-refractivity contribution < 1.29 is 13.6 Å². The minimum atomic E-state index is -0.475. The van der Waals surface area contributed by atoms with Crippen molar-refractivity contribution in [1.82, 2.24) is 10.2 Å². The molecule has 2 rings (SSSR count). The van der Waals surface area contributed by atoms with Crippen molar-refractivity contribution in [2.75, 3.05) is 13.1 Å². The second kappa shape index (κ2) is 6.79. The van der Waals surface area contributed by atoms with Crippen molar-refractivity contribution in [2.45, 2.75) is 38.8 Å². The summed E-state index contributed by atoms with van der Waals surface area (Å²) in [5, 5.41) is 3.22. The summed E-state index contributed by atoms with van der Waals surface area (Å²) in [5.74, 6) is -0.913. The number of hydrogen-bond donors (Lipinski definition) is 1. The van der Waals surface area contributed by atoms with Gasteiger partial charge in [0.15, 0.2) is 0 Å². The van der Waals surface area contributed by atoms with Gasteiger partial charge in [0.05, 0.1) is 0 Å². The van der Waals surface area contributed by atoms with Gasteiger partial charge in [-0.2, -0.15) is 0 Å². The van der Waals surface area contributed by atoms with E-state index < -0.39 is 11.6 Å². The molecule has 1 heterocycles. The molecule has 1 atom stereocenters. The lowest BCUT2D eigenvalue weighted by Gasteiger charge is -2.25. The number of nitrogens with zero attached hydrogens (tertiary/aromatic N) is 1. The van der Waals surface area contributed by atoms with Crippen LogP contribution in [0.3, 0.4) is 0 Å². The number of halogens is 2. The van der Waals surface area contributed by atoms with Crippen LogP contribution in [0.5, 0.6) is 0 Å². The van der Waals surface area contributed by atoms with Gasteiger partial charge in [-0.1, -0.05) is 6.92 Å². The smallest absolute Gasteiger partial charge is 0.223 e. The van der Waals surface area contributed by atoms with Gasteiger partial charge >= 0.3 is 0 Å². The second-order valence-corrected chi connectivity index (χ2v) is 5.09. The first-order chi connectivity index (χ1) is 9.61. The Morgan fingerprint density at radius 3 is 2.95 bits per heavy atom. The minimum Gasteiger partial charge on any atom is -0.335 e. The maximum absolute atomic E-state index is 13.7. The zero-order valence-electron chi connectivity index (χ0n) is 11.7. The van der Waals surface area contributed by atoms with Crippen LogP contribution in [0.1, 0.15) is 31.7 Å². The summed E-state index contributed by atoms with van der Waals surface area (Å²) in [5.41, 5.74) is 0.244. The van der Waals surface area contributed by atoms with E-state index in [1.807, 2.05) is 6.92 Å². The van der Waals surface area contributed by atoms with Crippen molar-refractivity contribution in [3.05, 3.63) is 35.4 Å². The Labute approximate surface area is 118 Å². The van der Waals surface area contributed by atoms with Crippen molar-refractivity contribution in [1.29, 1.82) is 0 Å². The maximum Gasteiger partial charge on any atom is 0.223 e. The van der Waals surface area contributed by atoms with Crippen LogP contribution >= 0.6 is 0 Å². The van der Waals surface area contributed by atoms with E-state index in [1.54, 1.807) is 4.90 Å². The number of likely N-dealkylation sites (tertiary alicyclic amines) is 1. The lowest BCUT2D eigenvalue weighted by molar-refractivity contribution is -0.129. The number of nitrogens with one attached hydrogen (secondary N) is 1. The van der Waals surface area contributed by atoms with E-state index in [-0.39, 0.29) is 24.1 Å². The molecule has 3 nitrogen and oxygen atoms in total. The van der Waals surface area contributed by atoms with Crippen LogP contribution in [-0.2, 0) is 11.3 Å². The highest BCUT2D eigenvalue weighted by atomic mass is 19.1. The summed E-state index contributed by atoms with van der Waals surface area (Å²) in [6.45, 7) is 3.90. The normalized spacial score (nSPS) is 18.9. The minimum absolute atomic E-state index is 0.0233. The van der Waals surface area contributed by atoms with E-state index >= 15 is 0 Å². The van der Waals surface area contributed by atoms with Crippen LogP contribution < -0.4 is 5.32 Å². The highest BCUT2D eigenvalue weighted by Crippen LogP contribution is 2.24. The molecular weight excluding hydrogens is 262 g/mol. The molecule has 5 heteroatoms. The summed E-state index contributed by atoms with van der Waals surface area (Å²) < 4.78 is 26.9. The largest absolute Gasteiger partial charge is 0.335 e. The fourth-order valence-electron chi connectivity index (χ4n) is 2.60. The third kappa shape index (κ3) is 3.54. The average molecular weight is 282 g/mol. The molecule has 0 aliphatic carbocycles. The molecule has 1 aliphatic heterocycles. The van der Waals surface area contributed by atoms with Crippen LogP contribution in [0.15, 0.2) is 18.2 Å². The summed E-state index contributed by atoms with van der Waals surface area (Å²) in [4.78, 5) is 13.6. The molecule has 0 spiro atoms. The molecule has 0 bridgehead atoms. The summed E-state index contributed by atoms with van der Waals surface area (Å²) in [7, 11) is 0. The topological polar surface area (TPSA) is 32.3 Å². The van der Waals surface area contributed by atoms with Gasteiger partial charge < -0.3 is 10.2 Å². The fraction of sp³-hybridized carbons (Fsp3) is 0.533. The predicted octanol–water partition coefficient (Wildman–Crippen LogP) is 2.46. The standard InChI is InChI=1S/C15H20F2N2O/c1-2-18-8-7-13-4-6-15(20)19(13)10-11-9-12(16)3-5-14(11)17/h3,5,9,13,18H,2,4,6-8,10H2,1H3/t13-/m0/s1. The van der Waals surface area contributed by atoms with Crippen LogP contribution in [0.25, 0.3) is 0 Å². The average Bonchev–Trinajstić information content (AvgIpc) is 2.76. The molecule has 110 valence electrons. The van der Waals surface area contributed by atoms with Gasteiger partial charge in [-0.3, -0.25) is 4.79 Å². The van der Waals surface area contributed by atoms with Crippen LogP contribution in [-0.4, -0.2) is 29.9 Å². The SMILES string of the molecule is CCNCC[C@@H]1CCC(=O)N1Cc1cc(F)ccc1F. The summed E-state index contributed by atoms with van der Waals surface area (Å²) in [6.07, 6.45) is 2.13. The molecule has 1 aromatic carbocycles. The summed E-state index contributed by atoms with van der Waals surface area (Å²) in [6, 6.07) is 3.48. The quantitative estimate of drug-likeness (QED) is 0.813. The molecule has 0 aromatic heterocycles. The van der Waals surface area contributed by atoms with Gasteiger partial charge in [-0.25, -0.2) is 8.78 Å². The van der Waals surface area contributed by atoms with E-state index in [2.05, 4.69) is 5.32 Å². The van der Waals surface area contributed by atoms with Crippen LogP contribution in [0.2, 0.25) is 0 Å². The molecule has 1 saturated heterocycles. The number of rotatable bonds is 6. The highest BCUT2D eigenvalue weighted by molar-refractivity contribution is 5.78. The highest BCUT2D eigenvalue weighted by Gasteiger charge is 2.30. The van der Waals surface area contributed by atoms with E-state index in [0.717, 1.165) is 38.1 Å². The molecule has 1 amide bonds. The first-order valence-corrected chi connectivity index (χ1v) is 7.06. The second-order valence-electron chi connectivity index (χ2n) is 5.09. The lowest BCUT2D eigenvalue weighted by Crippen LogP contribution is -2.35. The molecule has 1 aliphatic rings. The monoisotopic (exact) mass is 282 g/mol. The number of amides is 1. The van der Waals surface area contributed by atoms with Crippen LogP contribution in [0, 0.1) is 11.6 Å². The molecule has 0 radical (unpaired) electrons. The molecule has 20 heavy (non-hydrogen) atoms.